The number of nitrogens with one attached hydrogen (secondary N) is 1. The maximum atomic E-state index is 11.3. The Balaban J connectivity index is 2.67. The van der Waals surface area contributed by atoms with Gasteiger partial charge in [0.1, 0.15) is 5.52 Å². The molecule has 0 unspecified atom stereocenters. The van der Waals surface area contributed by atoms with E-state index in [-0.39, 0.29) is 5.43 Å². The summed E-state index contributed by atoms with van der Waals surface area (Å²) in [6.45, 7) is 0. The quantitative estimate of drug-likeness (QED) is 0.694. The maximum Gasteiger partial charge on any atom is 0.339 e. The van der Waals surface area contributed by atoms with E-state index in [4.69, 9.17) is 0 Å². The molecule has 5 heteroatoms. The Bertz CT molecular complexity index is 574. The van der Waals surface area contributed by atoms with Gasteiger partial charge < -0.3 is 9.72 Å². The van der Waals surface area contributed by atoms with E-state index in [1.54, 1.807) is 0 Å². The molecule has 2 aromatic rings. The van der Waals surface area contributed by atoms with Crippen molar-refractivity contribution in [3.63, 3.8) is 0 Å². The van der Waals surface area contributed by atoms with Crippen molar-refractivity contribution in [1.82, 2.24) is 9.97 Å². The van der Waals surface area contributed by atoms with E-state index in [2.05, 4.69) is 14.7 Å². The van der Waals surface area contributed by atoms with Crippen LogP contribution < -0.4 is 5.43 Å². The summed E-state index contributed by atoms with van der Waals surface area (Å²) >= 11 is 0. The predicted molar refractivity (Wildman–Crippen MR) is 53.7 cm³/mol. The molecule has 76 valence electrons. The largest absolute Gasteiger partial charge is 0.465 e. The molecule has 0 atom stereocenters. The van der Waals surface area contributed by atoms with Crippen molar-refractivity contribution in [3.8, 4) is 0 Å². The van der Waals surface area contributed by atoms with E-state index in [0.29, 0.717) is 16.6 Å². The van der Waals surface area contributed by atoms with Gasteiger partial charge in [0.15, 0.2) is 0 Å². The van der Waals surface area contributed by atoms with E-state index in [1.807, 2.05) is 0 Å². The molecule has 0 aliphatic carbocycles. The molecule has 0 amide bonds. The summed E-state index contributed by atoms with van der Waals surface area (Å²) in [5.41, 5.74) is 0.961. The molecule has 2 aromatic heterocycles. The third-order valence-electron chi connectivity index (χ3n) is 2.02. The van der Waals surface area contributed by atoms with Crippen molar-refractivity contribution in [2.24, 2.45) is 0 Å². The van der Waals surface area contributed by atoms with Gasteiger partial charge in [-0.1, -0.05) is 0 Å². The second-order valence-corrected chi connectivity index (χ2v) is 2.95. The fraction of sp³-hybridized carbons (Fsp3) is 0.100. The Morgan fingerprint density at radius 2 is 2.33 bits per heavy atom. The van der Waals surface area contributed by atoms with Crippen LogP contribution in [0.1, 0.15) is 10.4 Å². The number of carbonyl (C=O) groups is 1. The SMILES string of the molecule is COC(=O)c1cnc2c(=O)cc[nH]c2c1. The molecule has 2 heterocycles. The fourth-order valence-corrected chi connectivity index (χ4v) is 1.29. The lowest BCUT2D eigenvalue weighted by atomic mass is 10.2. The van der Waals surface area contributed by atoms with Crippen molar-refractivity contribution < 1.29 is 9.53 Å². The Kier molecular flexibility index (Phi) is 2.21. The summed E-state index contributed by atoms with van der Waals surface area (Å²) in [6, 6.07) is 2.92. The summed E-state index contributed by atoms with van der Waals surface area (Å²) in [6.07, 6.45) is 2.83. The lowest BCUT2D eigenvalue weighted by molar-refractivity contribution is 0.0600. The van der Waals surface area contributed by atoms with Crippen LogP contribution in [0.5, 0.6) is 0 Å². The average Bonchev–Trinajstić information content (AvgIpc) is 2.28. The minimum absolute atomic E-state index is 0.180. The van der Waals surface area contributed by atoms with Gasteiger partial charge in [-0.3, -0.25) is 4.79 Å². The van der Waals surface area contributed by atoms with Crippen LogP contribution >= 0.6 is 0 Å². The third kappa shape index (κ3) is 1.59. The van der Waals surface area contributed by atoms with Gasteiger partial charge in [-0.15, -0.1) is 0 Å². The van der Waals surface area contributed by atoms with Crippen LogP contribution in [0.2, 0.25) is 0 Å². The van der Waals surface area contributed by atoms with Crippen LogP contribution in [-0.4, -0.2) is 23.0 Å². The van der Waals surface area contributed by atoms with Gasteiger partial charge in [0, 0.05) is 18.5 Å². The Morgan fingerprint density at radius 3 is 3.07 bits per heavy atom. The number of methoxy groups -OCH3 is 1. The molecule has 0 saturated carbocycles. The van der Waals surface area contributed by atoms with Crippen molar-refractivity contribution in [3.05, 3.63) is 40.3 Å². The third-order valence-corrected chi connectivity index (χ3v) is 2.02. The van der Waals surface area contributed by atoms with E-state index in [1.165, 1.54) is 31.6 Å². The van der Waals surface area contributed by atoms with Gasteiger partial charge in [-0.2, -0.15) is 0 Å². The number of fused-ring (bicyclic) bond motifs is 1. The standard InChI is InChI=1S/C10H8N2O3/c1-15-10(14)6-4-7-9(12-5-6)8(13)2-3-11-7/h2-5H,1H3,(H,11,13). The summed E-state index contributed by atoms with van der Waals surface area (Å²) in [4.78, 5) is 29.3. The molecule has 0 aliphatic rings. The van der Waals surface area contributed by atoms with Crippen molar-refractivity contribution in [2.75, 3.05) is 7.11 Å². The number of rotatable bonds is 1. The van der Waals surface area contributed by atoms with E-state index >= 15 is 0 Å². The van der Waals surface area contributed by atoms with Gasteiger partial charge in [-0.05, 0) is 6.07 Å². The van der Waals surface area contributed by atoms with Crippen LogP contribution in [0.15, 0.2) is 29.3 Å². The number of H-pyrrole nitrogens is 1. The zero-order valence-electron chi connectivity index (χ0n) is 7.98. The number of aromatic amines is 1. The normalized spacial score (nSPS) is 10.2. The summed E-state index contributed by atoms with van der Waals surface area (Å²) in [5, 5.41) is 0. The fourth-order valence-electron chi connectivity index (χ4n) is 1.29. The maximum absolute atomic E-state index is 11.3. The zero-order valence-corrected chi connectivity index (χ0v) is 7.98. The number of ether oxygens (including phenoxy) is 1. The molecular formula is C10H8N2O3. The topological polar surface area (TPSA) is 72.0 Å². The number of pyridine rings is 2. The van der Waals surface area contributed by atoms with Crippen LogP contribution in [0.4, 0.5) is 0 Å². The highest BCUT2D eigenvalue weighted by atomic mass is 16.5. The van der Waals surface area contributed by atoms with Gasteiger partial charge in [0.25, 0.3) is 0 Å². The van der Waals surface area contributed by atoms with Gasteiger partial charge >= 0.3 is 5.97 Å². The molecule has 0 spiro atoms. The highest BCUT2D eigenvalue weighted by Gasteiger charge is 2.07. The minimum Gasteiger partial charge on any atom is -0.465 e. The zero-order chi connectivity index (χ0) is 10.8. The Morgan fingerprint density at radius 1 is 1.53 bits per heavy atom. The first kappa shape index (κ1) is 9.39. The number of carbonyl (C=O) groups excluding carboxylic acids is 1. The molecule has 0 aliphatic heterocycles. The molecule has 5 nitrogen and oxygen atoms in total. The molecular weight excluding hydrogens is 196 g/mol. The average molecular weight is 204 g/mol. The first-order valence-corrected chi connectivity index (χ1v) is 4.28. The van der Waals surface area contributed by atoms with Crippen LogP contribution in [0.25, 0.3) is 11.0 Å². The van der Waals surface area contributed by atoms with E-state index < -0.39 is 5.97 Å². The van der Waals surface area contributed by atoms with Crippen molar-refractivity contribution in [1.29, 1.82) is 0 Å². The first-order valence-electron chi connectivity index (χ1n) is 4.28. The number of nitrogens with zero attached hydrogens (tertiary/aromatic N) is 1. The lowest BCUT2D eigenvalue weighted by Gasteiger charge is -2.00. The van der Waals surface area contributed by atoms with Gasteiger partial charge in [-0.25, -0.2) is 9.78 Å². The molecule has 0 fully saturated rings. The highest BCUT2D eigenvalue weighted by molar-refractivity contribution is 5.92. The molecule has 15 heavy (non-hydrogen) atoms. The monoisotopic (exact) mass is 204 g/mol. The van der Waals surface area contributed by atoms with Crippen molar-refractivity contribution in [2.45, 2.75) is 0 Å². The van der Waals surface area contributed by atoms with E-state index in [0.717, 1.165) is 0 Å². The molecule has 0 radical (unpaired) electrons. The summed E-state index contributed by atoms with van der Waals surface area (Å²) in [7, 11) is 1.29. The molecule has 0 aromatic carbocycles. The second kappa shape index (κ2) is 3.53. The van der Waals surface area contributed by atoms with Gasteiger partial charge in [0.2, 0.25) is 5.43 Å². The Hall–Kier alpha value is -2.17. The summed E-state index contributed by atoms with van der Waals surface area (Å²) < 4.78 is 4.54. The van der Waals surface area contributed by atoms with Gasteiger partial charge in [0.05, 0.1) is 18.2 Å². The van der Waals surface area contributed by atoms with E-state index in [9.17, 15) is 9.59 Å². The second-order valence-electron chi connectivity index (χ2n) is 2.95. The molecule has 2 rings (SSSR count). The van der Waals surface area contributed by atoms with Crippen LogP contribution in [-0.2, 0) is 4.74 Å². The van der Waals surface area contributed by atoms with Crippen molar-refractivity contribution >= 4 is 17.0 Å². The van der Waals surface area contributed by atoms with Crippen LogP contribution in [0, 0.1) is 0 Å². The predicted octanol–water partition coefficient (Wildman–Crippen LogP) is 0.710. The number of aromatic nitrogens is 2. The minimum atomic E-state index is -0.478. The Labute approximate surface area is 84.7 Å². The molecule has 0 bridgehead atoms. The molecule has 1 N–H and O–H groups in total. The molecule has 0 saturated heterocycles. The number of hydrogen-bond donors (Lipinski definition) is 1. The smallest absolute Gasteiger partial charge is 0.339 e. The number of esters is 1. The van der Waals surface area contributed by atoms with Crippen LogP contribution in [0.3, 0.4) is 0 Å². The summed E-state index contributed by atoms with van der Waals surface area (Å²) in [5.74, 6) is -0.478. The first-order chi connectivity index (χ1) is 7.22. The lowest BCUT2D eigenvalue weighted by Crippen LogP contribution is -2.06. The highest BCUT2D eigenvalue weighted by Crippen LogP contribution is 2.07. The number of hydrogen-bond acceptors (Lipinski definition) is 4.